The Morgan fingerprint density at radius 2 is 2.32 bits per heavy atom. The summed E-state index contributed by atoms with van der Waals surface area (Å²) in [5, 5.41) is 15.9. The minimum Gasteiger partial charge on any atom is -0.506 e. The third kappa shape index (κ3) is 4.24. The highest BCUT2D eigenvalue weighted by Gasteiger charge is 2.14. The van der Waals surface area contributed by atoms with E-state index < -0.39 is 0 Å². The number of aromatic hydroxyl groups is 1. The van der Waals surface area contributed by atoms with Gasteiger partial charge in [0.25, 0.3) is 0 Å². The molecule has 1 fully saturated rings. The van der Waals surface area contributed by atoms with Crippen molar-refractivity contribution in [2.75, 3.05) is 11.9 Å². The lowest BCUT2D eigenvalue weighted by Crippen LogP contribution is -2.34. The van der Waals surface area contributed by atoms with E-state index in [4.69, 9.17) is 0 Å². The van der Waals surface area contributed by atoms with Gasteiger partial charge >= 0.3 is 0 Å². The van der Waals surface area contributed by atoms with Crippen molar-refractivity contribution in [2.24, 2.45) is 0 Å². The van der Waals surface area contributed by atoms with E-state index in [2.05, 4.69) is 10.6 Å². The van der Waals surface area contributed by atoms with Crippen molar-refractivity contribution in [1.29, 1.82) is 0 Å². The van der Waals surface area contributed by atoms with E-state index in [1.54, 1.807) is 12.1 Å². The number of hydrogen-bond donors (Lipinski definition) is 3. The summed E-state index contributed by atoms with van der Waals surface area (Å²) in [4.78, 5) is 11.9. The fraction of sp³-hybridized carbons (Fsp3) is 0.533. The molecule has 0 spiro atoms. The van der Waals surface area contributed by atoms with Crippen LogP contribution in [0.25, 0.3) is 0 Å². The Kier molecular flexibility index (Phi) is 4.80. The Balaban J connectivity index is 1.81. The molecular weight excluding hydrogens is 240 g/mol. The second-order valence-electron chi connectivity index (χ2n) is 5.25. The first-order chi connectivity index (χ1) is 9.15. The van der Waals surface area contributed by atoms with Gasteiger partial charge in [-0.2, -0.15) is 0 Å². The van der Waals surface area contributed by atoms with E-state index in [-0.39, 0.29) is 11.7 Å². The van der Waals surface area contributed by atoms with Crippen molar-refractivity contribution in [3.05, 3.63) is 23.8 Å². The number of benzene rings is 1. The molecule has 4 nitrogen and oxygen atoms in total. The summed E-state index contributed by atoms with van der Waals surface area (Å²) in [7, 11) is 0. The molecule has 0 bridgehead atoms. The highest BCUT2D eigenvalue weighted by atomic mass is 16.3. The van der Waals surface area contributed by atoms with Crippen molar-refractivity contribution in [2.45, 2.75) is 45.1 Å². The number of nitrogens with one attached hydrogen (secondary N) is 2. The molecule has 4 heteroatoms. The Labute approximate surface area is 114 Å². The lowest BCUT2D eigenvalue weighted by molar-refractivity contribution is -0.116. The molecular formula is C15H22N2O2. The molecule has 1 saturated heterocycles. The fourth-order valence-corrected chi connectivity index (χ4v) is 2.44. The highest BCUT2D eigenvalue weighted by Crippen LogP contribution is 2.24. The standard InChI is InChI=1S/C15H22N2O2/c1-11-5-7-14(18)13(10-11)17-15(19)8-6-12-4-2-3-9-16-12/h5,7,10,12,16,18H,2-4,6,8-9H2,1H3,(H,17,19). The first-order valence-corrected chi connectivity index (χ1v) is 6.98. The Bertz CT molecular complexity index is 440. The van der Waals surface area contributed by atoms with E-state index in [0.29, 0.717) is 18.2 Å². The Hall–Kier alpha value is -1.55. The molecule has 2 rings (SSSR count). The predicted octanol–water partition coefficient (Wildman–Crippen LogP) is 2.56. The lowest BCUT2D eigenvalue weighted by Gasteiger charge is -2.23. The van der Waals surface area contributed by atoms with E-state index in [1.807, 2.05) is 13.0 Å². The van der Waals surface area contributed by atoms with Crippen LogP contribution in [0.5, 0.6) is 5.75 Å². The Morgan fingerprint density at radius 1 is 1.47 bits per heavy atom. The molecule has 1 aliphatic heterocycles. The molecule has 1 aromatic rings. The summed E-state index contributed by atoms with van der Waals surface area (Å²) in [6.45, 7) is 2.99. The summed E-state index contributed by atoms with van der Waals surface area (Å²) in [5.74, 6) is 0.0861. The van der Waals surface area contributed by atoms with E-state index in [1.165, 1.54) is 12.8 Å². The molecule has 3 N–H and O–H groups in total. The van der Waals surface area contributed by atoms with Crippen molar-refractivity contribution in [3.63, 3.8) is 0 Å². The second-order valence-corrected chi connectivity index (χ2v) is 5.25. The summed E-state index contributed by atoms with van der Waals surface area (Å²) >= 11 is 0. The molecule has 1 heterocycles. The first-order valence-electron chi connectivity index (χ1n) is 6.98. The van der Waals surface area contributed by atoms with E-state index in [9.17, 15) is 9.90 Å². The maximum absolute atomic E-state index is 11.9. The van der Waals surface area contributed by atoms with Gasteiger partial charge in [0.1, 0.15) is 5.75 Å². The van der Waals surface area contributed by atoms with Crippen LogP contribution in [0.4, 0.5) is 5.69 Å². The number of phenolic OH excluding ortho intramolecular Hbond substituents is 1. The molecule has 0 saturated carbocycles. The number of hydrogen-bond acceptors (Lipinski definition) is 3. The number of phenols is 1. The number of rotatable bonds is 4. The van der Waals surface area contributed by atoms with Gasteiger partial charge < -0.3 is 15.7 Å². The molecule has 0 aromatic heterocycles. The first kappa shape index (κ1) is 13.9. The summed E-state index contributed by atoms with van der Waals surface area (Å²) < 4.78 is 0. The number of aryl methyl sites for hydroxylation is 1. The number of piperidine rings is 1. The van der Waals surface area contributed by atoms with E-state index in [0.717, 1.165) is 24.9 Å². The summed E-state index contributed by atoms with van der Waals surface area (Å²) in [5.41, 5.74) is 1.52. The summed E-state index contributed by atoms with van der Waals surface area (Å²) in [6.07, 6.45) is 4.99. The van der Waals surface area contributed by atoms with Gasteiger partial charge in [-0.25, -0.2) is 0 Å². The second kappa shape index (κ2) is 6.57. The smallest absolute Gasteiger partial charge is 0.224 e. The molecule has 1 amide bonds. The molecule has 1 aliphatic rings. The van der Waals surface area contributed by atoms with Crippen molar-refractivity contribution < 1.29 is 9.90 Å². The van der Waals surface area contributed by atoms with Crippen LogP contribution in [-0.4, -0.2) is 23.6 Å². The largest absolute Gasteiger partial charge is 0.506 e. The zero-order chi connectivity index (χ0) is 13.7. The lowest BCUT2D eigenvalue weighted by atomic mass is 10.0. The van der Waals surface area contributed by atoms with Gasteiger partial charge in [-0.1, -0.05) is 12.5 Å². The maximum Gasteiger partial charge on any atom is 0.224 e. The van der Waals surface area contributed by atoms with Gasteiger partial charge in [-0.05, 0) is 50.4 Å². The SMILES string of the molecule is Cc1ccc(O)c(NC(=O)CCC2CCCCN2)c1. The van der Waals surface area contributed by atoms with Gasteiger partial charge in [0, 0.05) is 12.5 Å². The number of carbonyl (C=O) groups excluding carboxylic acids is 1. The van der Waals surface area contributed by atoms with Crippen molar-refractivity contribution >= 4 is 11.6 Å². The molecule has 0 radical (unpaired) electrons. The van der Waals surface area contributed by atoms with Crippen LogP contribution in [0.1, 0.15) is 37.7 Å². The fourth-order valence-electron chi connectivity index (χ4n) is 2.44. The molecule has 1 aromatic carbocycles. The quantitative estimate of drug-likeness (QED) is 0.731. The number of anilines is 1. The predicted molar refractivity (Wildman–Crippen MR) is 76.3 cm³/mol. The molecule has 19 heavy (non-hydrogen) atoms. The highest BCUT2D eigenvalue weighted by molar-refractivity contribution is 5.92. The third-order valence-electron chi connectivity index (χ3n) is 3.56. The van der Waals surface area contributed by atoms with Crippen molar-refractivity contribution in [1.82, 2.24) is 5.32 Å². The van der Waals surface area contributed by atoms with Gasteiger partial charge in [0.2, 0.25) is 5.91 Å². The van der Waals surface area contributed by atoms with Crippen LogP contribution in [-0.2, 0) is 4.79 Å². The van der Waals surface area contributed by atoms with Gasteiger partial charge in [0.05, 0.1) is 5.69 Å². The van der Waals surface area contributed by atoms with Gasteiger partial charge in [-0.3, -0.25) is 4.79 Å². The number of carbonyl (C=O) groups is 1. The van der Waals surface area contributed by atoms with Gasteiger partial charge in [-0.15, -0.1) is 0 Å². The average molecular weight is 262 g/mol. The van der Waals surface area contributed by atoms with Crippen LogP contribution in [0.15, 0.2) is 18.2 Å². The minimum atomic E-state index is -0.0340. The zero-order valence-electron chi connectivity index (χ0n) is 11.4. The molecule has 1 unspecified atom stereocenters. The third-order valence-corrected chi connectivity index (χ3v) is 3.56. The van der Waals surface area contributed by atoms with Crippen LogP contribution in [0, 0.1) is 6.92 Å². The minimum absolute atomic E-state index is 0.0340. The maximum atomic E-state index is 11.9. The normalized spacial score (nSPS) is 19.1. The van der Waals surface area contributed by atoms with Gasteiger partial charge in [0.15, 0.2) is 0 Å². The van der Waals surface area contributed by atoms with Crippen LogP contribution < -0.4 is 10.6 Å². The van der Waals surface area contributed by atoms with Crippen LogP contribution in [0.2, 0.25) is 0 Å². The van der Waals surface area contributed by atoms with Crippen molar-refractivity contribution in [3.8, 4) is 5.75 Å². The monoisotopic (exact) mass is 262 g/mol. The average Bonchev–Trinajstić information content (AvgIpc) is 2.42. The molecule has 1 atom stereocenters. The van der Waals surface area contributed by atoms with E-state index >= 15 is 0 Å². The Morgan fingerprint density at radius 3 is 3.05 bits per heavy atom. The molecule has 0 aliphatic carbocycles. The van der Waals surface area contributed by atoms with Crippen LogP contribution >= 0.6 is 0 Å². The zero-order valence-corrected chi connectivity index (χ0v) is 11.4. The summed E-state index contributed by atoms with van der Waals surface area (Å²) in [6, 6.07) is 5.67. The van der Waals surface area contributed by atoms with Crippen LogP contribution in [0.3, 0.4) is 0 Å². The number of amides is 1. The molecule has 104 valence electrons. The topological polar surface area (TPSA) is 61.4 Å².